The lowest BCUT2D eigenvalue weighted by molar-refractivity contribution is -0.101. The van der Waals surface area contributed by atoms with Crippen molar-refractivity contribution in [2.24, 2.45) is 17.8 Å². The molecule has 1 unspecified atom stereocenters. The second-order valence-corrected chi connectivity index (χ2v) is 8.34. The van der Waals surface area contributed by atoms with E-state index in [1.165, 1.54) is 24.8 Å². The van der Waals surface area contributed by atoms with Crippen LogP contribution in [0, 0.1) is 24.7 Å². The second-order valence-electron chi connectivity index (χ2n) is 7.23. The summed E-state index contributed by atoms with van der Waals surface area (Å²) >= 11 is -1.30. The summed E-state index contributed by atoms with van der Waals surface area (Å²) in [5.74, 6) is 2.49. The maximum atomic E-state index is 12.5. The van der Waals surface area contributed by atoms with Gasteiger partial charge in [-0.25, -0.2) is 4.21 Å². The van der Waals surface area contributed by atoms with Crippen molar-refractivity contribution in [1.29, 1.82) is 0 Å². The van der Waals surface area contributed by atoms with Crippen LogP contribution in [0.2, 0.25) is 0 Å². The molecule has 1 aromatic carbocycles. The summed E-state index contributed by atoms with van der Waals surface area (Å²) in [7, 11) is 0. The van der Waals surface area contributed by atoms with Gasteiger partial charge in [-0.2, -0.15) is 0 Å². The van der Waals surface area contributed by atoms with Gasteiger partial charge in [0.2, 0.25) is 0 Å². The van der Waals surface area contributed by atoms with E-state index >= 15 is 0 Å². The molecule has 0 aromatic heterocycles. The van der Waals surface area contributed by atoms with Crippen molar-refractivity contribution >= 4 is 11.1 Å². The van der Waals surface area contributed by atoms with Crippen LogP contribution in [-0.2, 0) is 15.3 Å². The molecule has 4 bridgehead atoms. The van der Waals surface area contributed by atoms with E-state index in [1.807, 2.05) is 31.2 Å². The lowest BCUT2D eigenvalue weighted by Crippen LogP contribution is -2.52. The van der Waals surface area contributed by atoms with Gasteiger partial charge >= 0.3 is 0 Å². The molecule has 0 aliphatic heterocycles. The van der Waals surface area contributed by atoms with E-state index in [-0.39, 0.29) is 5.60 Å². The first-order valence-electron chi connectivity index (χ1n) is 7.80. The Kier molecular flexibility index (Phi) is 3.04. The van der Waals surface area contributed by atoms with Crippen molar-refractivity contribution in [3.63, 3.8) is 0 Å². The summed E-state index contributed by atoms with van der Waals surface area (Å²) in [5, 5.41) is 0. The van der Waals surface area contributed by atoms with E-state index in [2.05, 4.69) is 0 Å². The highest BCUT2D eigenvalue weighted by Gasteiger charge is 2.52. The molecule has 4 saturated carbocycles. The summed E-state index contributed by atoms with van der Waals surface area (Å²) in [4.78, 5) is 0.811. The van der Waals surface area contributed by atoms with Crippen LogP contribution < -0.4 is 0 Å². The van der Waals surface area contributed by atoms with Gasteiger partial charge in [0, 0.05) is 0 Å². The summed E-state index contributed by atoms with van der Waals surface area (Å²) in [6.45, 7) is 2.05. The van der Waals surface area contributed by atoms with E-state index in [4.69, 9.17) is 4.18 Å². The molecule has 1 aromatic rings. The third kappa shape index (κ3) is 2.25. The Balaban J connectivity index is 1.53. The fourth-order valence-corrected chi connectivity index (χ4v) is 5.97. The molecule has 0 amide bonds. The summed E-state index contributed by atoms with van der Waals surface area (Å²) < 4.78 is 18.7. The lowest BCUT2D eigenvalue weighted by atomic mass is 9.54. The molecule has 0 N–H and O–H groups in total. The van der Waals surface area contributed by atoms with Crippen molar-refractivity contribution in [3.05, 3.63) is 29.8 Å². The zero-order chi connectivity index (χ0) is 13.7. The van der Waals surface area contributed by atoms with Gasteiger partial charge in [0.25, 0.3) is 0 Å². The number of hydrogen-bond acceptors (Lipinski definition) is 2. The van der Waals surface area contributed by atoms with Gasteiger partial charge in [0.1, 0.15) is 0 Å². The van der Waals surface area contributed by atoms with Crippen LogP contribution >= 0.6 is 0 Å². The Hall–Kier alpha value is -0.670. The van der Waals surface area contributed by atoms with E-state index in [0.29, 0.717) is 0 Å². The fourth-order valence-electron chi connectivity index (χ4n) is 4.99. The molecule has 0 saturated heterocycles. The fraction of sp³-hybridized carbons (Fsp3) is 0.647. The number of rotatable bonds is 3. The average Bonchev–Trinajstić information content (AvgIpc) is 2.37. The molecule has 20 heavy (non-hydrogen) atoms. The monoisotopic (exact) mass is 290 g/mol. The first kappa shape index (κ1) is 13.0. The maximum absolute atomic E-state index is 12.5. The molecule has 4 fully saturated rings. The van der Waals surface area contributed by atoms with Crippen LogP contribution in [-0.4, -0.2) is 9.81 Å². The molecule has 108 valence electrons. The highest BCUT2D eigenvalue weighted by Crippen LogP contribution is 2.57. The minimum Gasteiger partial charge on any atom is -0.280 e. The Morgan fingerprint density at radius 1 is 1.00 bits per heavy atom. The zero-order valence-electron chi connectivity index (χ0n) is 12.0. The molecule has 1 atom stereocenters. The topological polar surface area (TPSA) is 26.3 Å². The quantitative estimate of drug-likeness (QED) is 0.841. The molecule has 4 aliphatic carbocycles. The van der Waals surface area contributed by atoms with Crippen LogP contribution in [0.1, 0.15) is 44.1 Å². The van der Waals surface area contributed by atoms with Crippen LogP contribution in [0.3, 0.4) is 0 Å². The normalized spacial score (nSPS) is 40.0. The van der Waals surface area contributed by atoms with Crippen LogP contribution in [0.25, 0.3) is 0 Å². The molecular formula is C17H22O2S. The highest BCUT2D eigenvalue weighted by atomic mass is 32.2. The third-order valence-electron chi connectivity index (χ3n) is 5.45. The minimum absolute atomic E-state index is 0.0789. The smallest absolute Gasteiger partial charge is 0.189 e. The standard InChI is InChI=1S/C17H22O2S/c1-12-2-4-16(5-3-12)20(18)19-17-9-13-6-14(10-17)8-15(7-13)11-17/h2-5,13-15H,6-11H2,1H3. The Bertz CT molecular complexity index is 499. The molecule has 3 heteroatoms. The van der Waals surface area contributed by atoms with Crippen molar-refractivity contribution in [3.8, 4) is 0 Å². The lowest BCUT2D eigenvalue weighted by Gasteiger charge is -2.55. The van der Waals surface area contributed by atoms with Gasteiger partial charge in [-0.15, -0.1) is 0 Å². The van der Waals surface area contributed by atoms with Crippen molar-refractivity contribution in [1.82, 2.24) is 0 Å². The van der Waals surface area contributed by atoms with Crippen molar-refractivity contribution < 1.29 is 8.39 Å². The van der Waals surface area contributed by atoms with E-state index in [0.717, 1.165) is 41.9 Å². The summed E-state index contributed by atoms with van der Waals surface area (Å²) in [6, 6.07) is 7.89. The Morgan fingerprint density at radius 3 is 2.00 bits per heavy atom. The predicted molar refractivity (Wildman–Crippen MR) is 79.6 cm³/mol. The van der Waals surface area contributed by atoms with E-state index in [9.17, 15) is 4.21 Å². The SMILES string of the molecule is Cc1ccc(S(=O)OC23CC4CC(CC(C4)C2)C3)cc1. The Morgan fingerprint density at radius 2 is 1.50 bits per heavy atom. The van der Waals surface area contributed by atoms with E-state index < -0.39 is 11.1 Å². The third-order valence-corrected chi connectivity index (χ3v) is 6.61. The summed E-state index contributed by atoms with van der Waals surface area (Å²) in [6.07, 6.45) is 7.57. The van der Waals surface area contributed by atoms with Gasteiger partial charge < -0.3 is 0 Å². The average molecular weight is 290 g/mol. The van der Waals surface area contributed by atoms with Crippen LogP contribution in [0.15, 0.2) is 29.2 Å². The van der Waals surface area contributed by atoms with Gasteiger partial charge in [-0.1, -0.05) is 17.7 Å². The van der Waals surface area contributed by atoms with Gasteiger partial charge in [-0.05, 0) is 75.3 Å². The molecule has 4 aliphatic rings. The molecule has 2 nitrogen and oxygen atoms in total. The zero-order valence-corrected chi connectivity index (χ0v) is 12.8. The van der Waals surface area contributed by atoms with Crippen LogP contribution in [0.5, 0.6) is 0 Å². The van der Waals surface area contributed by atoms with Gasteiger partial charge in [-0.3, -0.25) is 4.18 Å². The number of hydrogen-bond donors (Lipinski definition) is 0. The van der Waals surface area contributed by atoms with Gasteiger partial charge in [0.15, 0.2) is 11.1 Å². The minimum atomic E-state index is -1.30. The Labute approximate surface area is 123 Å². The van der Waals surface area contributed by atoms with E-state index in [1.54, 1.807) is 0 Å². The molecular weight excluding hydrogens is 268 g/mol. The first-order valence-corrected chi connectivity index (χ1v) is 8.87. The van der Waals surface area contributed by atoms with Crippen molar-refractivity contribution in [2.45, 2.75) is 55.9 Å². The maximum Gasteiger partial charge on any atom is 0.189 e. The summed E-state index contributed by atoms with van der Waals surface area (Å²) in [5.41, 5.74) is 1.12. The molecule has 0 heterocycles. The number of aryl methyl sites for hydroxylation is 1. The molecule has 0 radical (unpaired) electrons. The highest BCUT2D eigenvalue weighted by molar-refractivity contribution is 7.80. The largest absolute Gasteiger partial charge is 0.280 e. The predicted octanol–water partition coefficient (Wildman–Crippen LogP) is 4.00. The second kappa shape index (κ2) is 4.67. The number of benzene rings is 1. The van der Waals surface area contributed by atoms with Crippen molar-refractivity contribution in [2.75, 3.05) is 0 Å². The molecule has 0 spiro atoms. The molecule has 5 rings (SSSR count). The van der Waals surface area contributed by atoms with Gasteiger partial charge in [0.05, 0.1) is 10.5 Å². The first-order chi connectivity index (χ1) is 9.62. The van der Waals surface area contributed by atoms with Crippen LogP contribution in [0.4, 0.5) is 0 Å².